The quantitative estimate of drug-likeness (QED) is 0.748. The molecular weight excluding hydrogens is 274 g/mol. The molecular formula is C14H19N3O4. The van der Waals surface area contributed by atoms with Crippen molar-refractivity contribution in [3.8, 4) is 0 Å². The fourth-order valence-corrected chi connectivity index (χ4v) is 3.76. The topological polar surface area (TPSA) is 104 Å². The predicted octanol–water partition coefficient (Wildman–Crippen LogP) is 1.01. The summed E-state index contributed by atoms with van der Waals surface area (Å²) in [6, 6.07) is 1.53. The average molecular weight is 293 g/mol. The largest absolute Gasteiger partial charge is 0.481 e. The second-order valence-corrected chi connectivity index (χ2v) is 5.98. The third-order valence-electron chi connectivity index (χ3n) is 4.59. The molecule has 0 spiro atoms. The molecule has 4 unspecified atom stereocenters. The first kappa shape index (κ1) is 14.1. The van der Waals surface area contributed by atoms with Crippen LogP contribution in [0, 0.1) is 24.7 Å². The Morgan fingerprint density at radius 3 is 2.86 bits per heavy atom. The van der Waals surface area contributed by atoms with Crippen molar-refractivity contribution in [1.29, 1.82) is 0 Å². The van der Waals surface area contributed by atoms with Crippen molar-refractivity contribution in [3.63, 3.8) is 0 Å². The molecule has 1 aromatic heterocycles. The smallest absolute Gasteiger partial charge is 0.308 e. The van der Waals surface area contributed by atoms with Gasteiger partial charge in [0.25, 0.3) is 0 Å². The van der Waals surface area contributed by atoms with Gasteiger partial charge in [0.1, 0.15) is 0 Å². The summed E-state index contributed by atoms with van der Waals surface area (Å²) >= 11 is 0. The van der Waals surface area contributed by atoms with Crippen LogP contribution in [0.2, 0.25) is 0 Å². The van der Waals surface area contributed by atoms with Crippen LogP contribution in [0.5, 0.6) is 0 Å². The number of aryl methyl sites for hydroxylation is 1. The van der Waals surface area contributed by atoms with E-state index < -0.39 is 5.97 Å². The van der Waals surface area contributed by atoms with E-state index in [1.807, 2.05) is 0 Å². The molecule has 1 amide bonds. The van der Waals surface area contributed by atoms with Gasteiger partial charge < -0.3 is 14.9 Å². The molecule has 7 nitrogen and oxygen atoms in total. The number of aromatic nitrogens is 1. The number of fused-ring (bicyclic) bond motifs is 2. The van der Waals surface area contributed by atoms with Crippen LogP contribution in [0.25, 0.3) is 0 Å². The summed E-state index contributed by atoms with van der Waals surface area (Å²) in [6.07, 6.45) is 3.00. The molecule has 4 atom stereocenters. The average Bonchev–Trinajstić information content (AvgIpc) is 3.11. The van der Waals surface area contributed by atoms with Gasteiger partial charge in [-0.3, -0.25) is 14.9 Å². The molecule has 0 saturated heterocycles. The minimum Gasteiger partial charge on any atom is -0.481 e. The first-order chi connectivity index (χ1) is 10.0. The maximum Gasteiger partial charge on any atom is 0.308 e. The van der Waals surface area contributed by atoms with Crippen LogP contribution in [0.4, 0.5) is 5.88 Å². The highest BCUT2D eigenvalue weighted by molar-refractivity contribution is 5.91. The normalized spacial score (nSPS) is 30.5. The van der Waals surface area contributed by atoms with E-state index in [0.717, 1.165) is 19.3 Å². The van der Waals surface area contributed by atoms with Crippen molar-refractivity contribution >= 4 is 17.8 Å². The number of carboxylic acids is 1. The lowest BCUT2D eigenvalue weighted by atomic mass is 9.84. The van der Waals surface area contributed by atoms with Gasteiger partial charge in [-0.1, -0.05) is 5.16 Å². The highest BCUT2D eigenvalue weighted by Crippen LogP contribution is 2.48. The van der Waals surface area contributed by atoms with Crippen LogP contribution >= 0.6 is 0 Å². The van der Waals surface area contributed by atoms with Crippen molar-refractivity contribution in [1.82, 2.24) is 10.5 Å². The van der Waals surface area contributed by atoms with E-state index in [4.69, 9.17) is 4.52 Å². The van der Waals surface area contributed by atoms with E-state index >= 15 is 0 Å². The summed E-state index contributed by atoms with van der Waals surface area (Å²) in [6.45, 7) is 1.85. The molecule has 2 fully saturated rings. The van der Waals surface area contributed by atoms with Gasteiger partial charge in [0.2, 0.25) is 11.8 Å². The number of hydrogen-bond acceptors (Lipinski definition) is 5. The standard InChI is InChI=1S/C14H19N3O4/c1-7-4-11(21-17-7)16-10(18)6-15-13-9-3-2-8(5-9)12(13)14(19)20/h4,8-9,12-13,15H,2-3,5-6H2,1H3,(H,16,18)(H,19,20). The highest BCUT2D eigenvalue weighted by Gasteiger charge is 2.50. The molecule has 0 aliphatic heterocycles. The number of rotatable bonds is 5. The van der Waals surface area contributed by atoms with Crippen molar-refractivity contribution in [2.45, 2.75) is 32.2 Å². The van der Waals surface area contributed by atoms with Crippen molar-refractivity contribution in [2.75, 3.05) is 11.9 Å². The molecule has 2 bridgehead atoms. The molecule has 21 heavy (non-hydrogen) atoms. The first-order valence-electron chi connectivity index (χ1n) is 7.24. The summed E-state index contributed by atoms with van der Waals surface area (Å²) in [5.41, 5.74) is 0.692. The van der Waals surface area contributed by atoms with E-state index in [2.05, 4.69) is 15.8 Å². The van der Waals surface area contributed by atoms with Crippen LogP contribution in [0.15, 0.2) is 10.6 Å². The lowest BCUT2D eigenvalue weighted by Gasteiger charge is -2.28. The molecule has 2 aliphatic carbocycles. The Bertz CT molecular complexity index is 556. The Hall–Kier alpha value is -1.89. The lowest BCUT2D eigenvalue weighted by molar-refractivity contribution is -0.144. The molecule has 1 aromatic rings. The first-order valence-corrected chi connectivity index (χ1v) is 7.24. The highest BCUT2D eigenvalue weighted by atomic mass is 16.5. The third-order valence-corrected chi connectivity index (χ3v) is 4.59. The summed E-state index contributed by atoms with van der Waals surface area (Å²) < 4.78 is 4.91. The van der Waals surface area contributed by atoms with Gasteiger partial charge in [0, 0.05) is 12.1 Å². The Kier molecular flexibility index (Phi) is 3.67. The Morgan fingerprint density at radius 2 is 2.19 bits per heavy atom. The molecule has 0 radical (unpaired) electrons. The van der Waals surface area contributed by atoms with Gasteiger partial charge in [0.05, 0.1) is 18.2 Å². The molecule has 3 rings (SSSR count). The number of anilines is 1. The number of carbonyl (C=O) groups is 2. The van der Waals surface area contributed by atoms with Gasteiger partial charge in [-0.25, -0.2) is 0 Å². The summed E-state index contributed by atoms with van der Waals surface area (Å²) in [5, 5.41) is 18.7. The molecule has 1 heterocycles. The van der Waals surface area contributed by atoms with E-state index in [9.17, 15) is 14.7 Å². The van der Waals surface area contributed by atoms with Gasteiger partial charge in [-0.05, 0) is 38.0 Å². The monoisotopic (exact) mass is 293 g/mol. The third kappa shape index (κ3) is 2.78. The van der Waals surface area contributed by atoms with E-state index in [1.165, 1.54) is 0 Å². The van der Waals surface area contributed by atoms with Gasteiger partial charge >= 0.3 is 5.97 Å². The van der Waals surface area contributed by atoms with E-state index in [0.29, 0.717) is 17.5 Å². The zero-order valence-corrected chi connectivity index (χ0v) is 11.8. The molecule has 3 N–H and O–H groups in total. The zero-order valence-electron chi connectivity index (χ0n) is 11.8. The van der Waals surface area contributed by atoms with Crippen molar-refractivity contribution in [2.24, 2.45) is 17.8 Å². The van der Waals surface area contributed by atoms with Crippen LogP contribution in [0.1, 0.15) is 25.0 Å². The van der Waals surface area contributed by atoms with Crippen LogP contribution in [0.3, 0.4) is 0 Å². The van der Waals surface area contributed by atoms with Gasteiger partial charge in [-0.15, -0.1) is 0 Å². The van der Waals surface area contributed by atoms with Crippen LogP contribution in [-0.4, -0.2) is 34.7 Å². The predicted molar refractivity (Wildman–Crippen MR) is 73.6 cm³/mol. The summed E-state index contributed by atoms with van der Waals surface area (Å²) in [7, 11) is 0. The molecule has 2 aliphatic rings. The number of nitrogens with zero attached hydrogens (tertiary/aromatic N) is 1. The maximum absolute atomic E-state index is 11.9. The number of hydrogen-bond donors (Lipinski definition) is 3. The Morgan fingerprint density at radius 1 is 1.43 bits per heavy atom. The lowest BCUT2D eigenvalue weighted by Crippen LogP contribution is -2.46. The van der Waals surface area contributed by atoms with Crippen LogP contribution in [-0.2, 0) is 9.59 Å². The fraction of sp³-hybridized carbons (Fsp3) is 0.643. The number of amides is 1. The summed E-state index contributed by atoms with van der Waals surface area (Å²) in [4.78, 5) is 23.2. The van der Waals surface area contributed by atoms with E-state index in [1.54, 1.807) is 13.0 Å². The minimum absolute atomic E-state index is 0.0808. The maximum atomic E-state index is 11.9. The number of aliphatic carboxylic acids is 1. The fourth-order valence-electron chi connectivity index (χ4n) is 3.76. The molecule has 2 saturated carbocycles. The second-order valence-electron chi connectivity index (χ2n) is 5.98. The van der Waals surface area contributed by atoms with Crippen molar-refractivity contribution < 1.29 is 19.2 Å². The number of carbonyl (C=O) groups excluding carboxylic acids is 1. The minimum atomic E-state index is -0.758. The number of carboxylic acid groups (broad SMARTS) is 1. The second kappa shape index (κ2) is 5.48. The number of nitrogens with one attached hydrogen (secondary N) is 2. The Balaban J connectivity index is 1.54. The molecule has 7 heteroatoms. The van der Waals surface area contributed by atoms with E-state index in [-0.39, 0.29) is 30.3 Å². The van der Waals surface area contributed by atoms with Gasteiger partial charge in [-0.2, -0.15) is 0 Å². The van der Waals surface area contributed by atoms with Gasteiger partial charge in [0.15, 0.2) is 0 Å². The summed E-state index contributed by atoms with van der Waals surface area (Å²) in [5.74, 6) is -0.448. The molecule has 114 valence electrons. The SMILES string of the molecule is Cc1cc(NC(=O)CNC2C3CCC(C3)C2C(=O)O)on1. The molecule has 0 aromatic carbocycles. The van der Waals surface area contributed by atoms with Crippen LogP contribution < -0.4 is 10.6 Å². The Labute approximate surface area is 122 Å². The van der Waals surface area contributed by atoms with Crippen molar-refractivity contribution in [3.05, 3.63) is 11.8 Å². The zero-order chi connectivity index (χ0) is 15.0.